The molecule has 3 aromatic rings. The predicted octanol–water partition coefficient (Wildman–Crippen LogP) is 4.63. The maximum absolute atomic E-state index is 12.4. The smallest absolute Gasteiger partial charge is 0.251 e. The van der Waals surface area contributed by atoms with Crippen LogP contribution in [0.5, 0.6) is 5.75 Å². The zero-order chi connectivity index (χ0) is 20.8. The quantitative estimate of drug-likeness (QED) is 0.569. The molecule has 0 spiro atoms. The molecule has 1 aliphatic rings. The molecule has 0 aliphatic carbocycles. The third-order valence-corrected chi connectivity index (χ3v) is 5.72. The lowest BCUT2D eigenvalue weighted by molar-refractivity contribution is 0.0952. The van der Waals surface area contributed by atoms with Gasteiger partial charge in [0.25, 0.3) is 5.91 Å². The highest BCUT2D eigenvalue weighted by atomic mass is 16.3. The number of unbranched alkanes of at least 4 members (excludes halogenated alkanes) is 1. The Hall–Kier alpha value is -3.11. The minimum Gasteiger partial charge on any atom is -0.508 e. The standard InChI is InChI=1S/C26H28N2O2/c29-25-13-12-22-14-17-28(19-24(22)18-25)16-5-4-15-27-26(30)23-10-8-21(9-11-23)20-6-2-1-3-7-20/h1-3,6-13,18,29H,4-5,14-17,19H2,(H,27,30). The fraction of sp³-hybridized carbons (Fsp3) is 0.269. The second kappa shape index (κ2) is 9.59. The van der Waals surface area contributed by atoms with Gasteiger partial charge in [0.1, 0.15) is 5.75 Å². The SMILES string of the molecule is O=C(NCCCCN1CCc2ccc(O)cc2C1)c1ccc(-c2ccccc2)cc1. The van der Waals surface area contributed by atoms with E-state index >= 15 is 0 Å². The summed E-state index contributed by atoms with van der Waals surface area (Å²) in [6.07, 6.45) is 3.03. The van der Waals surface area contributed by atoms with Crippen molar-refractivity contribution in [3.63, 3.8) is 0 Å². The number of nitrogens with zero attached hydrogens (tertiary/aromatic N) is 1. The number of amides is 1. The predicted molar refractivity (Wildman–Crippen MR) is 121 cm³/mol. The summed E-state index contributed by atoms with van der Waals surface area (Å²) in [5.74, 6) is 0.326. The van der Waals surface area contributed by atoms with Crippen molar-refractivity contribution in [3.8, 4) is 16.9 Å². The molecule has 4 nitrogen and oxygen atoms in total. The number of phenols is 1. The van der Waals surface area contributed by atoms with Crippen LogP contribution < -0.4 is 5.32 Å². The van der Waals surface area contributed by atoms with E-state index in [0.717, 1.165) is 50.0 Å². The average molecular weight is 401 g/mol. The number of carbonyl (C=O) groups is 1. The Labute approximate surface area is 178 Å². The van der Waals surface area contributed by atoms with Gasteiger partial charge >= 0.3 is 0 Å². The number of hydrogen-bond donors (Lipinski definition) is 2. The van der Waals surface area contributed by atoms with Crippen LogP contribution in [0.3, 0.4) is 0 Å². The lowest BCUT2D eigenvalue weighted by Gasteiger charge is -2.28. The van der Waals surface area contributed by atoms with Crippen molar-refractivity contribution in [2.75, 3.05) is 19.6 Å². The van der Waals surface area contributed by atoms with Crippen LogP contribution in [0.25, 0.3) is 11.1 Å². The van der Waals surface area contributed by atoms with E-state index in [9.17, 15) is 9.90 Å². The Morgan fingerprint density at radius 2 is 1.67 bits per heavy atom. The van der Waals surface area contributed by atoms with E-state index in [2.05, 4.69) is 22.3 Å². The van der Waals surface area contributed by atoms with Gasteiger partial charge in [0.05, 0.1) is 0 Å². The molecule has 4 rings (SSSR count). The fourth-order valence-electron chi connectivity index (χ4n) is 4.00. The molecule has 0 atom stereocenters. The lowest BCUT2D eigenvalue weighted by Crippen LogP contribution is -2.32. The molecule has 4 heteroatoms. The first-order chi connectivity index (χ1) is 14.7. The zero-order valence-electron chi connectivity index (χ0n) is 17.2. The number of rotatable bonds is 7. The Bertz CT molecular complexity index is 984. The summed E-state index contributed by atoms with van der Waals surface area (Å²) in [4.78, 5) is 14.8. The van der Waals surface area contributed by atoms with Gasteiger partial charge in [-0.2, -0.15) is 0 Å². The summed E-state index contributed by atoms with van der Waals surface area (Å²) < 4.78 is 0. The maximum Gasteiger partial charge on any atom is 0.251 e. The highest BCUT2D eigenvalue weighted by molar-refractivity contribution is 5.94. The molecule has 1 amide bonds. The first-order valence-electron chi connectivity index (χ1n) is 10.7. The maximum atomic E-state index is 12.4. The summed E-state index contributed by atoms with van der Waals surface area (Å²) in [6, 6.07) is 23.6. The summed E-state index contributed by atoms with van der Waals surface area (Å²) in [5.41, 5.74) is 5.54. The van der Waals surface area contributed by atoms with E-state index in [-0.39, 0.29) is 5.91 Å². The van der Waals surface area contributed by atoms with Gasteiger partial charge in [0.15, 0.2) is 0 Å². The van der Waals surface area contributed by atoms with Crippen LogP contribution in [0.15, 0.2) is 72.8 Å². The van der Waals surface area contributed by atoms with Crippen LogP contribution in [0, 0.1) is 0 Å². The summed E-state index contributed by atoms with van der Waals surface area (Å²) in [6.45, 7) is 3.64. The van der Waals surface area contributed by atoms with Crippen molar-refractivity contribution >= 4 is 5.91 Å². The highest BCUT2D eigenvalue weighted by Crippen LogP contribution is 2.23. The molecule has 0 fully saturated rings. The van der Waals surface area contributed by atoms with Crippen molar-refractivity contribution in [2.24, 2.45) is 0 Å². The second-order valence-corrected chi connectivity index (χ2v) is 7.89. The lowest BCUT2D eigenvalue weighted by atomic mass is 9.99. The first-order valence-corrected chi connectivity index (χ1v) is 10.7. The van der Waals surface area contributed by atoms with E-state index in [1.54, 1.807) is 6.07 Å². The summed E-state index contributed by atoms with van der Waals surface area (Å²) >= 11 is 0. The van der Waals surface area contributed by atoms with Crippen molar-refractivity contribution < 1.29 is 9.90 Å². The first kappa shape index (κ1) is 20.2. The molecule has 0 unspecified atom stereocenters. The Morgan fingerprint density at radius 3 is 2.47 bits per heavy atom. The fourth-order valence-corrected chi connectivity index (χ4v) is 4.00. The number of phenolic OH excluding ortho intramolecular Hbond substituents is 1. The Balaban J connectivity index is 1.18. The third-order valence-electron chi connectivity index (χ3n) is 5.72. The van der Waals surface area contributed by atoms with E-state index in [1.165, 1.54) is 11.1 Å². The van der Waals surface area contributed by atoms with Gasteiger partial charge < -0.3 is 10.4 Å². The molecule has 1 heterocycles. The number of aromatic hydroxyl groups is 1. The zero-order valence-corrected chi connectivity index (χ0v) is 17.2. The van der Waals surface area contributed by atoms with Crippen LogP contribution in [-0.2, 0) is 13.0 Å². The normalized spacial score (nSPS) is 13.6. The Kier molecular flexibility index (Phi) is 6.45. The van der Waals surface area contributed by atoms with Crippen molar-refractivity contribution in [1.82, 2.24) is 10.2 Å². The van der Waals surface area contributed by atoms with Gasteiger partial charge in [-0.25, -0.2) is 0 Å². The van der Waals surface area contributed by atoms with Gasteiger partial charge in [-0.05, 0) is 72.3 Å². The molecule has 154 valence electrons. The van der Waals surface area contributed by atoms with Crippen LogP contribution in [0.1, 0.15) is 34.3 Å². The molecule has 30 heavy (non-hydrogen) atoms. The molecule has 0 bridgehead atoms. The molecule has 0 saturated heterocycles. The second-order valence-electron chi connectivity index (χ2n) is 7.89. The Morgan fingerprint density at radius 1 is 0.900 bits per heavy atom. The molecule has 1 aliphatic heterocycles. The van der Waals surface area contributed by atoms with Crippen LogP contribution in [-0.4, -0.2) is 35.5 Å². The molecular weight excluding hydrogens is 372 g/mol. The summed E-state index contributed by atoms with van der Waals surface area (Å²) in [7, 11) is 0. The molecule has 0 radical (unpaired) electrons. The monoisotopic (exact) mass is 400 g/mol. The molecule has 3 aromatic carbocycles. The summed E-state index contributed by atoms with van der Waals surface area (Å²) in [5, 5.41) is 12.7. The van der Waals surface area contributed by atoms with Gasteiger partial charge in [0.2, 0.25) is 0 Å². The van der Waals surface area contributed by atoms with Crippen LogP contribution >= 0.6 is 0 Å². The average Bonchev–Trinajstić information content (AvgIpc) is 2.79. The van der Waals surface area contributed by atoms with Crippen molar-refractivity contribution in [3.05, 3.63) is 89.5 Å². The van der Waals surface area contributed by atoms with Gasteiger partial charge in [0, 0.05) is 25.2 Å². The minimum absolute atomic E-state index is 0.0167. The van der Waals surface area contributed by atoms with Crippen LogP contribution in [0.2, 0.25) is 0 Å². The van der Waals surface area contributed by atoms with E-state index < -0.39 is 0 Å². The van der Waals surface area contributed by atoms with Crippen molar-refractivity contribution in [1.29, 1.82) is 0 Å². The number of hydrogen-bond acceptors (Lipinski definition) is 3. The molecule has 0 aromatic heterocycles. The van der Waals surface area contributed by atoms with Gasteiger partial charge in [-0.15, -0.1) is 0 Å². The minimum atomic E-state index is -0.0167. The number of carbonyl (C=O) groups excluding carboxylic acids is 1. The van der Waals surface area contributed by atoms with Crippen LogP contribution in [0.4, 0.5) is 0 Å². The van der Waals surface area contributed by atoms with Gasteiger partial charge in [-0.3, -0.25) is 9.69 Å². The van der Waals surface area contributed by atoms with E-state index in [0.29, 0.717) is 17.9 Å². The van der Waals surface area contributed by atoms with Gasteiger partial charge in [-0.1, -0.05) is 48.5 Å². The topological polar surface area (TPSA) is 52.6 Å². The third kappa shape index (κ3) is 5.08. The van der Waals surface area contributed by atoms with Crippen molar-refractivity contribution in [2.45, 2.75) is 25.8 Å². The van der Waals surface area contributed by atoms with E-state index in [1.807, 2.05) is 54.6 Å². The highest BCUT2D eigenvalue weighted by Gasteiger charge is 2.16. The number of benzene rings is 3. The molecule has 0 saturated carbocycles. The molecular formula is C26H28N2O2. The largest absolute Gasteiger partial charge is 0.508 e. The molecule has 2 N–H and O–H groups in total. The van der Waals surface area contributed by atoms with E-state index in [4.69, 9.17) is 0 Å². The number of fused-ring (bicyclic) bond motifs is 1. The number of nitrogens with one attached hydrogen (secondary N) is 1.